The lowest BCUT2D eigenvalue weighted by atomic mass is 10.2. The fourth-order valence-corrected chi connectivity index (χ4v) is 2.03. The molecule has 0 aromatic carbocycles. The van der Waals surface area contributed by atoms with Gasteiger partial charge in [-0.25, -0.2) is 0 Å². The summed E-state index contributed by atoms with van der Waals surface area (Å²) in [6.07, 6.45) is 5.25. The minimum Gasteiger partial charge on any atom is -0.396 e. The number of hydrogen-bond donors (Lipinski definition) is 2. The number of pyridine rings is 1. The van der Waals surface area contributed by atoms with Crippen molar-refractivity contribution in [3.05, 3.63) is 33.2 Å². The van der Waals surface area contributed by atoms with Crippen molar-refractivity contribution in [1.82, 2.24) is 9.88 Å². The lowest BCUT2D eigenvalue weighted by molar-refractivity contribution is -0.121. The van der Waals surface area contributed by atoms with E-state index in [0.717, 1.165) is 30.2 Å². The van der Waals surface area contributed by atoms with E-state index >= 15 is 0 Å². The number of rotatable bonds is 8. The van der Waals surface area contributed by atoms with E-state index in [2.05, 4.69) is 21.2 Å². The van der Waals surface area contributed by atoms with Crippen LogP contribution in [0.1, 0.15) is 25.7 Å². The van der Waals surface area contributed by atoms with Crippen LogP contribution < -0.4 is 10.9 Å². The fraction of sp³-hybridized carbons (Fsp3) is 0.538. The molecule has 0 unspecified atom stereocenters. The Kier molecular flexibility index (Phi) is 7.43. The Morgan fingerprint density at radius 1 is 1.26 bits per heavy atom. The fourth-order valence-electron chi connectivity index (χ4n) is 1.65. The van der Waals surface area contributed by atoms with E-state index in [4.69, 9.17) is 5.11 Å². The summed E-state index contributed by atoms with van der Waals surface area (Å²) in [6.45, 7) is 0.861. The normalized spacial score (nSPS) is 10.4. The molecule has 0 aliphatic carbocycles. The van der Waals surface area contributed by atoms with Gasteiger partial charge in [0.25, 0.3) is 5.56 Å². The van der Waals surface area contributed by atoms with Crippen LogP contribution >= 0.6 is 15.9 Å². The van der Waals surface area contributed by atoms with Crippen molar-refractivity contribution in [2.45, 2.75) is 32.2 Å². The summed E-state index contributed by atoms with van der Waals surface area (Å²) in [7, 11) is 0. The molecule has 19 heavy (non-hydrogen) atoms. The molecule has 1 amide bonds. The SMILES string of the molecule is O=C(Cn1cc(Br)ccc1=O)NCCCCCCO. The standard InChI is InChI=1S/C13H19BrN2O3/c14-11-5-6-13(19)16(9-11)10-12(18)15-7-3-1-2-4-8-17/h5-6,9,17H,1-4,7-8,10H2,(H,15,18). The quantitative estimate of drug-likeness (QED) is 0.705. The van der Waals surface area contributed by atoms with Crippen molar-refractivity contribution in [1.29, 1.82) is 0 Å². The Labute approximate surface area is 120 Å². The summed E-state index contributed by atoms with van der Waals surface area (Å²) < 4.78 is 2.13. The maximum Gasteiger partial charge on any atom is 0.251 e. The van der Waals surface area contributed by atoms with Crippen LogP contribution in [0.25, 0.3) is 0 Å². The average molecular weight is 331 g/mol. The summed E-state index contributed by atoms with van der Waals surface area (Å²) in [6, 6.07) is 3.07. The Morgan fingerprint density at radius 3 is 2.74 bits per heavy atom. The van der Waals surface area contributed by atoms with Crippen LogP contribution in [-0.4, -0.2) is 28.7 Å². The van der Waals surface area contributed by atoms with Gasteiger partial charge in [-0.1, -0.05) is 12.8 Å². The van der Waals surface area contributed by atoms with Gasteiger partial charge in [0.15, 0.2) is 0 Å². The highest BCUT2D eigenvalue weighted by molar-refractivity contribution is 9.10. The van der Waals surface area contributed by atoms with Crippen LogP contribution in [0.2, 0.25) is 0 Å². The van der Waals surface area contributed by atoms with Gasteiger partial charge in [-0.2, -0.15) is 0 Å². The molecule has 106 valence electrons. The summed E-state index contributed by atoms with van der Waals surface area (Å²) in [5.74, 6) is -0.164. The number of nitrogens with zero attached hydrogens (tertiary/aromatic N) is 1. The molecule has 0 saturated carbocycles. The van der Waals surface area contributed by atoms with E-state index in [0.29, 0.717) is 6.54 Å². The van der Waals surface area contributed by atoms with Gasteiger partial charge in [-0.15, -0.1) is 0 Å². The molecule has 0 atom stereocenters. The molecule has 5 nitrogen and oxygen atoms in total. The van der Waals surface area contributed by atoms with Crippen molar-refractivity contribution >= 4 is 21.8 Å². The Hall–Kier alpha value is -1.14. The molecule has 1 rings (SSSR count). The smallest absolute Gasteiger partial charge is 0.251 e. The first-order valence-electron chi connectivity index (χ1n) is 6.37. The van der Waals surface area contributed by atoms with Gasteiger partial charge < -0.3 is 15.0 Å². The minimum absolute atomic E-state index is 0.0366. The molecule has 2 N–H and O–H groups in total. The predicted molar refractivity (Wildman–Crippen MR) is 77.0 cm³/mol. The molecular formula is C13H19BrN2O3. The van der Waals surface area contributed by atoms with E-state index in [9.17, 15) is 9.59 Å². The zero-order valence-corrected chi connectivity index (χ0v) is 12.4. The molecule has 1 aromatic rings. The maximum absolute atomic E-state index is 11.6. The molecule has 6 heteroatoms. The van der Waals surface area contributed by atoms with Crippen LogP contribution in [0.3, 0.4) is 0 Å². The number of carbonyl (C=O) groups is 1. The average Bonchev–Trinajstić information content (AvgIpc) is 2.38. The van der Waals surface area contributed by atoms with Gasteiger partial charge in [0.2, 0.25) is 5.91 Å². The van der Waals surface area contributed by atoms with E-state index in [1.165, 1.54) is 10.6 Å². The monoisotopic (exact) mass is 330 g/mol. The number of amides is 1. The number of aliphatic hydroxyl groups is 1. The van der Waals surface area contributed by atoms with Crippen molar-refractivity contribution in [3.8, 4) is 0 Å². The summed E-state index contributed by atoms with van der Waals surface area (Å²) in [4.78, 5) is 23.1. The molecule has 1 heterocycles. The second-order valence-electron chi connectivity index (χ2n) is 4.30. The van der Waals surface area contributed by atoms with Gasteiger partial charge in [0.05, 0.1) is 0 Å². The maximum atomic E-state index is 11.6. The first-order valence-corrected chi connectivity index (χ1v) is 7.16. The lowest BCUT2D eigenvalue weighted by Crippen LogP contribution is -2.32. The third-order valence-corrected chi connectivity index (χ3v) is 3.14. The van der Waals surface area contributed by atoms with Crippen LogP contribution in [-0.2, 0) is 11.3 Å². The molecule has 0 aliphatic rings. The second kappa shape index (κ2) is 8.87. The Balaban J connectivity index is 2.27. The van der Waals surface area contributed by atoms with Gasteiger partial charge >= 0.3 is 0 Å². The lowest BCUT2D eigenvalue weighted by Gasteiger charge is -2.07. The van der Waals surface area contributed by atoms with Crippen LogP contribution in [0.5, 0.6) is 0 Å². The second-order valence-corrected chi connectivity index (χ2v) is 5.22. The van der Waals surface area contributed by atoms with Crippen molar-refractivity contribution in [2.75, 3.05) is 13.2 Å². The highest BCUT2D eigenvalue weighted by Gasteiger charge is 2.04. The predicted octanol–water partition coefficient (Wildman–Crippen LogP) is 1.28. The number of hydrogen-bond acceptors (Lipinski definition) is 3. The number of carbonyl (C=O) groups excluding carboxylic acids is 1. The molecule has 0 spiro atoms. The first kappa shape index (κ1) is 15.9. The molecule has 0 radical (unpaired) electrons. The van der Waals surface area contributed by atoms with Crippen LogP contribution in [0.15, 0.2) is 27.6 Å². The number of aliphatic hydroxyl groups excluding tert-OH is 1. The highest BCUT2D eigenvalue weighted by atomic mass is 79.9. The molecule has 1 aromatic heterocycles. The third kappa shape index (κ3) is 6.54. The molecule has 0 fully saturated rings. The van der Waals surface area contributed by atoms with Crippen LogP contribution in [0, 0.1) is 0 Å². The van der Waals surface area contributed by atoms with E-state index in [-0.39, 0.29) is 24.6 Å². The zero-order valence-electron chi connectivity index (χ0n) is 10.8. The van der Waals surface area contributed by atoms with Gasteiger partial charge in [0, 0.05) is 29.9 Å². The molecule has 0 saturated heterocycles. The molecular weight excluding hydrogens is 312 g/mol. The van der Waals surface area contributed by atoms with E-state index < -0.39 is 0 Å². The van der Waals surface area contributed by atoms with Gasteiger partial charge in [0.1, 0.15) is 6.54 Å². The minimum atomic E-state index is -0.193. The number of nitrogens with one attached hydrogen (secondary N) is 1. The van der Waals surface area contributed by atoms with Crippen molar-refractivity contribution < 1.29 is 9.90 Å². The van der Waals surface area contributed by atoms with Gasteiger partial charge in [-0.3, -0.25) is 9.59 Å². The van der Waals surface area contributed by atoms with E-state index in [1.54, 1.807) is 12.3 Å². The molecule has 0 bridgehead atoms. The summed E-state index contributed by atoms with van der Waals surface area (Å²) >= 11 is 3.26. The largest absolute Gasteiger partial charge is 0.396 e. The van der Waals surface area contributed by atoms with E-state index in [1.807, 2.05) is 0 Å². The zero-order chi connectivity index (χ0) is 14.1. The first-order chi connectivity index (χ1) is 9.13. The third-order valence-electron chi connectivity index (χ3n) is 2.67. The van der Waals surface area contributed by atoms with Gasteiger partial charge in [-0.05, 0) is 34.8 Å². The van der Waals surface area contributed by atoms with Crippen LogP contribution in [0.4, 0.5) is 0 Å². The Morgan fingerprint density at radius 2 is 2.00 bits per heavy atom. The topological polar surface area (TPSA) is 71.3 Å². The Bertz CT molecular complexity index is 459. The van der Waals surface area contributed by atoms with Crippen molar-refractivity contribution in [2.24, 2.45) is 0 Å². The number of unbranched alkanes of at least 4 members (excludes halogenated alkanes) is 3. The summed E-state index contributed by atoms with van der Waals surface area (Å²) in [5, 5.41) is 11.4. The number of halogens is 1. The summed E-state index contributed by atoms with van der Waals surface area (Å²) in [5.41, 5.74) is -0.193. The number of aromatic nitrogens is 1. The highest BCUT2D eigenvalue weighted by Crippen LogP contribution is 2.04. The molecule has 0 aliphatic heterocycles. The van der Waals surface area contributed by atoms with Crippen molar-refractivity contribution in [3.63, 3.8) is 0 Å².